The number of hydrogen-bond acceptors (Lipinski definition) is 5. The van der Waals surface area contributed by atoms with Gasteiger partial charge in [-0.25, -0.2) is 0 Å². The molecule has 0 spiro atoms. The van der Waals surface area contributed by atoms with Crippen LogP contribution in [0.3, 0.4) is 0 Å². The first-order chi connectivity index (χ1) is 11.8. The molecule has 2 unspecified atom stereocenters. The van der Waals surface area contributed by atoms with Gasteiger partial charge in [0.05, 0.1) is 0 Å². The molecular weight excluding hydrogens is 314 g/mol. The molecule has 0 fully saturated rings. The summed E-state index contributed by atoms with van der Waals surface area (Å²) in [6, 6.07) is -0.159. The fourth-order valence-corrected chi connectivity index (χ4v) is 2.87. The van der Waals surface area contributed by atoms with Crippen LogP contribution < -0.4 is 17.2 Å². The fourth-order valence-electron chi connectivity index (χ4n) is 2.87. The highest BCUT2D eigenvalue weighted by Crippen LogP contribution is 2.14. The number of esters is 1. The Morgan fingerprint density at radius 3 is 1.72 bits per heavy atom. The fraction of sp³-hybridized carbons (Fsp3) is 0.950. The van der Waals surface area contributed by atoms with Crippen LogP contribution >= 0.6 is 0 Å². The Hall–Kier alpha value is -0.650. The summed E-state index contributed by atoms with van der Waals surface area (Å²) in [5.41, 5.74) is 17.3. The second-order valence-corrected chi connectivity index (χ2v) is 8.21. The molecule has 2 atom stereocenters. The van der Waals surface area contributed by atoms with Crippen LogP contribution in [0.5, 0.6) is 0 Å². The zero-order valence-electron chi connectivity index (χ0n) is 16.9. The molecule has 0 aliphatic heterocycles. The zero-order valence-corrected chi connectivity index (χ0v) is 16.9. The first-order valence-corrected chi connectivity index (χ1v) is 10.2. The van der Waals surface area contributed by atoms with Crippen molar-refractivity contribution in [2.45, 2.75) is 116 Å². The average molecular weight is 358 g/mol. The van der Waals surface area contributed by atoms with E-state index in [0.29, 0.717) is 12.8 Å². The Labute approximate surface area is 155 Å². The Morgan fingerprint density at radius 2 is 1.24 bits per heavy atom. The van der Waals surface area contributed by atoms with E-state index in [-0.39, 0.29) is 18.1 Å². The first-order valence-electron chi connectivity index (χ1n) is 10.2. The number of ether oxygens (including phenoxy) is 1. The molecule has 0 aliphatic rings. The summed E-state index contributed by atoms with van der Waals surface area (Å²) in [6.45, 7) is 6.43. The molecule has 0 saturated carbocycles. The smallest absolute Gasteiger partial charge is 0.306 e. The van der Waals surface area contributed by atoms with Crippen molar-refractivity contribution in [3.63, 3.8) is 0 Å². The van der Waals surface area contributed by atoms with Gasteiger partial charge in [-0.1, -0.05) is 51.4 Å². The highest BCUT2D eigenvalue weighted by molar-refractivity contribution is 5.69. The third-order valence-corrected chi connectivity index (χ3v) is 4.39. The van der Waals surface area contributed by atoms with Gasteiger partial charge < -0.3 is 21.9 Å². The van der Waals surface area contributed by atoms with Gasteiger partial charge in [0.2, 0.25) is 0 Å². The normalized spacial score (nSPS) is 14.3. The van der Waals surface area contributed by atoms with Crippen LogP contribution in [0.1, 0.15) is 97.8 Å². The summed E-state index contributed by atoms with van der Waals surface area (Å²) < 4.78 is 5.29. The second kappa shape index (κ2) is 14.5. The van der Waals surface area contributed by atoms with Crippen molar-refractivity contribution in [3.8, 4) is 0 Å². The number of rotatable bonds is 15. The molecular formula is C20H43N3O2. The topological polar surface area (TPSA) is 104 Å². The van der Waals surface area contributed by atoms with E-state index in [1.807, 2.05) is 20.8 Å². The number of unbranched alkanes of at least 4 members (excludes halogenated alkanes) is 8. The number of carbonyl (C=O) groups is 1. The van der Waals surface area contributed by atoms with Crippen molar-refractivity contribution in [1.82, 2.24) is 0 Å². The van der Waals surface area contributed by atoms with E-state index in [2.05, 4.69) is 0 Å². The Morgan fingerprint density at radius 1 is 0.800 bits per heavy atom. The largest absolute Gasteiger partial charge is 0.460 e. The highest BCUT2D eigenvalue weighted by atomic mass is 16.6. The minimum atomic E-state index is -0.437. The summed E-state index contributed by atoms with van der Waals surface area (Å²) in [5, 5.41) is 0. The van der Waals surface area contributed by atoms with Crippen LogP contribution in [-0.4, -0.2) is 30.2 Å². The lowest BCUT2D eigenvalue weighted by Crippen LogP contribution is -2.41. The van der Waals surface area contributed by atoms with Crippen LogP contribution in [0.15, 0.2) is 0 Å². The maximum atomic E-state index is 11.7. The minimum absolute atomic E-state index is 0.0290. The summed E-state index contributed by atoms with van der Waals surface area (Å²) in [7, 11) is 0. The van der Waals surface area contributed by atoms with Crippen molar-refractivity contribution in [2.75, 3.05) is 6.54 Å². The molecule has 0 aromatic heterocycles. The van der Waals surface area contributed by atoms with E-state index in [4.69, 9.17) is 21.9 Å². The number of hydrogen-bond donors (Lipinski definition) is 3. The molecule has 25 heavy (non-hydrogen) atoms. The average Bonchev–Trinajstić information content (AvgIpc) is 2.52. The lowest BCUT2D eigenvalue weighted by Gasteiger charge is -2.22. The number of nitrogens with two attached hydrogens (primary N) is 3. The van der Waals surface area contributed by atoms with E-state index in [1.54, 1.807) is 0 Å². The third kappa shape index (κ3) is 16.6. The van der Waals surface area contributed by atoms with Gasteiger partial charge in [0, 0.05) is 18.5 Å². The Bertz CT molecular complexity index is 329. The molecule has 5 heteroatoms. The van der Waals surface area contributed by atoms with Crippen LogP contribution in [0.4, 0.5) is 0 Å². The molecule has 6 N–H and O–H groups in total. The predicted molar refractivity (Wildman–Crippen MR) is 106 cm³/mol. The lowest BCUT2D eigenvalue weighted by molar-refractivity contribution is -0.155. The van der Waals surface area contributed by atoms with E-state index in [9.17, 15) is 4.79 Å². The lowest BCUT2D eigenvalue weighted by atomic mass is 9.98. The quantitative estimate of drug-likeness (QED) is 0.307. The van der Waals surface area contributed by atoms with Gasteiger partial charge in [0.15, 0.2) is 0 Å². The molecule has 0 aliphatic carbocycles. The van der Waals surface area contributed by atoms with Crippen LogP contribution in [0.25, 0.3) is 0 Å². The molecule has 0 rings (SSSR count). The van der Waals surface area contributed by atoms with Crippen molar-refractivity contribution in [3.05, 3.63) is 0 Å². The molecule has 0 heterocycles. The molecule has 0 bridgehead atoms. The predicted octanol–water partition coefficient (Wildman–Crippen LogP) is 3.62. The van der Waals surface area contributed by atoms with E-state index in [0.717, 1.165) is 25.8 Å². The molecule has 0 radical (unpaired) electrons. The van der Waals surface area contributed by atoms with Gasteiger partial charge in [0.1, 0.15) is 5.60 Å². The maximum Gasteiger partial charge on any atom is 0.306 e. The summed E-state index contributed by atoms with van der Waals surface area (Å²) in [4.78, 5) is 11.7. The van der Waals surface area contributed by atoms with E-state index < -0.39 is 5.60 Å². The van der Waals surface area contributed by atoms with E-state index >= 15 is 0 Å². The Kier molecular flexibility index (Phi) is 14.1. The van der Waals surface area contributed by atoms with Crippen LogP contribution in [-0.2, 0) is 9.53 Å². The molecule has 0 amide bonds. The number of carbonyl (C=O) groups excluding carboxylic acids is 1. The van der Waals surface area contributed by atoms with Gasteiger partial charge >= 0.3 is 5.97 Å². The monoisotopic (exact) mass is 357 g/mol. The molecule has 0 aromatic carbocycles. The van der Waals surface area contributed by atoms with E-state index in [1.165, 1.54) is 44.9 Å². The van der Waals surface area contributed by atoms with Crippen molar-refractivity contribution in [2.24, 2.45) is 17.2 Å². The Balaban J connectivity index is 3.55. The zero-order chi connectivity index (χ0) is 19.1. The highest BCUT2D eigenvalue weighted by Gasteiger charge is 2.19. The molecule has 0 saturated heterocycles. The third-order valence-electron chi connectivity index (χ3n) is 4.39. The van der Waals surface area contributed by atoms with Gasteiger partial charge in [-0.05, 0) is 46.6 Å². The van der Waals surface area contributed by atoms with Gasteiger partial charge in [-0.2, -0.15) is 0 Å². The first kappa shape index (κ1) is 24.4. The van der Waals surface area contributed by atoms with Gasteiger partial charge in [-0.15, -0.1) is 0 Å². The molecule has 150 valence electrons. The summed E-state index contributed by atoms with van der Waals surface area (Å²) in [6.07, 6.45) is 13.2. The van der Waals surface area contributed by atoms with Gasteiger partial charge in [0.25, 0.3) is 0 Å². The van der Waals surface area contributed by atoms with Crippen LogP contribution in [0, 0.1) is 0 Å². The maximum absolute atomic E-state index is 11.7. The second-order valence-electron chi connectivity index (χ2n) is 8.21. The minimum Gasteiger partial charge on any atom is -0.460 e. The summed E-state index contributed by atoms with van der Waals surface area (Å²) >= 11 is 0. The van der Waals surface area contributed by atoms with Crippen LogP contribution in [0.2, 0.25) is 0 Å². The molecule has 0 aromatic rings. The summed E-state index contributed by atoms with van der Waals surface area (Å²) in [5.74, 6) is -0.193. The van der Waals surface area contributed by atoms with Crippen molar-refractivity contribution in [1.29, 1.82) is 0 Å². The molecule has 5 nitrogen and oxygen atoms in total. The SMILES string of the molecule is CC(C)(C)OC(=O)CCC(N)C(N)CCCCCCCCCCCN. The van der Waals surface area contributed by atoms with Gasteiger partial charge in [-0.3, -0.25) is 4.79 Å². The van der Waals surface area contributed by atoms with Crippen molar-refractivity contribution < 1.29 is 9.53 Å². The standard InChI is InChI=1S/C20H43N3O2/c1-20(2,3)25-19(24)15-14-18(23)17(22)13-11-9-7-5-4-6-8-10-12-16-21/h17-18H,4-16,21-23H2,1-3H3. The van der Waals surface area contributed by atoms with Crippen molar-refractivity contribution >= 4 is 5.97 Å².